The Balaban J connectivity index is 1.89. The topological polar surface area (TPSA) is 96.0 Å². The summed E-state index contributed by atoms with van der Waals surface area (Å²) in [5.41, 5.74) is 0.632. The summed E-state index contributed by atoms with van der Waals surface area (Å²) in [6, 6.07) is 10.6. The molecule has 1 N–H and O–H groups in total. The van der Waals surface area contributed by atoms with E-state index in [1.54, 1.807) is 29.2 Å². The number of halogens is 1. The Labute approximate surface area is 193 Å². The third kappa shape index (κ3) is 5.12. The summed E-state index contributed by atoms with van der Waals surface area (Å²) in [5, 5.41) is 2.80. The average molecular weight is 480 g/mol. The molecule has 0 spiro atoms. The summed E-state index contributed by atoms with van der Waals surface area (Å²) in [7, 11) is -0.944. The fraction of sp³-hybridized carbons (Fsp3) is 0.364. The maximum Gasteiger partial charge on any atom is 0.257 e. The standard InChI is InChI=1S/C22H26ClN3O5S/c1-14-12-26(13-15(2)31-14)22(28)17-7-5-6-8-20(17)24-21(27)18-11-16(9-10-19(18)23)32(29,30)25(3)4/h5-11,14-15H,12-13H2,1-4H3,(H,24,27)/t14-,15-/m0/s1. The van der Waals surface area contributed by atoms with Crippen LogP contribution in [0.25, 0.3) is 0 Å². The van der Waals surface area contributed by atoms with E-state index in [2.05, 4.69) is 5.32 Å². The molecule has 1 fully saturated rings. The van der Waals surface area contributed by atoms with Crippen LogP contribution in [0.3, 0.4) is 0 Å². The molecule has 172 valence electrons. The number of ether oxygens (including phenoxy) is 1. The second-order valence-electron chi connectivity index (χ2n) is 7.90. The van der Waals surface area contributed by atoms with Gasteiger partial charge in [0.05, 0.1) is 38.9 Å². The first kappa shape index (κ1) is 24.2. The molecule has 3 rings (SSSR count). The maximum atomic E-state index is 13.2. The number of anilines is 1. The molecular formula is C22H26ClN3O5S. The van der Waals surface area contributed by atoms with E-state index in [9.17, 15) is 18.0 Å². The van der Waals surface area contributed by atoms with Gasteiger partial charge in [-0.2, -0.15) is 0 Å². The van der Waals surface area contributed by atoms with Gasteiger partial charge < -0.3 is 15.0 Å². The number of benzene rings is 2. The van der Waals surface area contributed by atoms with Crippen LogP contribution >= 0.6 is 11.6 Å². The lowest BCUT2D eigenvalue weighted by molar-refractivity contribution is -0.0585. The van der Waals surface area contributed by atoms with Crippen molar-refractivity contribution >= 4 is 39.1 Å². The summed E-state index contributed by atoms with van der Waals surface area (Å²) in [5.74, 6) is -0.840. The molecule has 0 aliphatic carbocycles. The zero-order chi connectivity index (χ0) is 23.6. The van der Waals surface area contributed by atoms with Gasteiger partial charge >= 0.3 is 0 Å². The number of hydrogen-bond donors (Lipinski definition) is 1. The lowest BCUT2D eigenvalue weighted by Gasteiger charge is -2.35. The fourth-order valence-corrected chi connectivity index (χ4v) is 4.66. The molecule has 32 heavy (non-hydrogen) atoms. The molecule has 0 unspecified atom stereocenters. The molecule has 2 amide bonds. The highest BCUT2D eigenvalue weighted by Gasteiger charge is 2.28. The van der Waals surface area contributed by atoms with Gasteiger partial charge in [-0.05, 0) is 44.2 Å². The Kier molecular flexibility index (Phi) is 7.24. The van der Waals surface area contributed by atoms with Crippen LogP contribution < -0.4 is 5.32 Å². The quantitative estimate of drug-likeness (QED) is 0.710. The van der Waals surface area contributed by atoms with Gasteiger partial charge in [-0.3, -0.25) is 9.59 Å². The Morgan fingerprint density at radius 1 is 1.06 bits per heavy atom. The van der Waals surface area contributed by atoms with E-state index in [0.717, 1.165) is 4.31 Å². The number of nitrogens with one attached hydrogen (secondary N) is 1. The van der Waals surface area contributed by atoms with E-state index in [-0.39, 0.29) is 33.6 Å². The molecule has 1 heterocycles. The number of amides is 2. The van der Waals surface area contributed by atoms with E-state index in [1.165, 1.54) is 32.3 Å². The Morgan fingerprint density at radius 3 is 2.31 bits per heavy atom. The lowest BCUT2D eigenvalue weighted by Crippen LogP contribution is -2.48. The van der Waals surface area contributed by atoms with Crippen molar-refractivity contribution in [3.8, 4) is 0 Å². The molecular weight excluding hydrogens is 454 g/mol. The summed E-state index contributed by atoms with van der Waals surface area (Å²) >= 11 is 6.18. The average Bonchev–Trinajstić information content (AvgIpc) is 2.73. The van der Waals surface area contributed by atoms with Crippen LogP contribution in [0.15, 0.2) is 47.4 Å². The normalized spacial score (nSPS) is 19.1. The number of nitrogens with zero attached hydrogens (tertiary/aromatic N) is 2. The van der Waals surface area contributed by atoms with Gasteiger partial charge in [0.1, 0.15) is 0 Å². The first-order valence-corrected chi connectivity index (χ1v) is 11.9. The fourth-order valence-electron chi connectivity index (χ4n) is 3.53. The van der Waals surface area contributed by atoms with Crippen molar-refractivity contribution in [1.29, 1.82) is 0 Å². The molecule has 0 saturated carbocycles. The largest absolute Gasteiger partial charge is 0.372 e. The van der Waals surface area contributed by atoms with Crippen LogP contribution in [0, 0.1) is 0 Å². The molecule has 8 nitrogen and oxygen atoms in total. The highest BCUT2D eigenvalue weighted by Crippen LogP contribution is 2.25. The van der Waals surface area contributed by atoms with Crippen LogP contribution in [0.4, 0.5) is 5.69 Å². The van der Waals surface area contributed by atoms with Gasteiger partial charge in [0.15, 0.2) is 0 Å². The predicted octanol–water partition coefficient (Wildman–Crippen LogP) is 3.09. The van der Waals surface area contributed by atoms with Crippen molar-refractivity contribution in [2.45, 2.75) is 31.0 Å². The predicted molar refractivity (Wildman–Crippen MR) is 123 cm³/mol. The maximum absolute atomic E-state index is 13.2. The van der Waals surface area contributed by atoms with E-state index < -0.39 is 15.9 Å². The zero-order valence-electron chi connectivity index (χ0n) is 18.3. The Bertz CT molecular complexity index is 1130. The number of rotatable bonds is 5. The minimum Gasteiger partial charge on any atom is -0.372 e. The number of para-hydroxylation sites is 1. The first-order valence-electron chi connectivity index (χ1n) is 10.1. The van der Waals surface area contributed by atoms with Gasteiger partial charge in [0.25, 0.3) is 11.8 Å². The molecule has 2 atom stereocenters. The zero-order valence-corrected chi connectivity index (χ0v) is 19.9. The first-order chi connectivity index (χ1) is 15.0. The third-order valence-corrected chi connectivity index (χ3v) is 7.21. The second-order valence-corrected chi connectivity index (χ2v) is 10.5. The van der Waals surface area contributed by atoms with Crippen LogP contribution in [-0.2, 0) is 14.8 Å². The number of carbonyl (C=O) groups excluding carboxylic acids is 2. The van der Waals surface area contributed by atoms with Crippen molar-refractivity contribution in [3.63, 3.8) is 0 Å². The molecule has 2 aromatic rings. The SMILES string of the molecule is C[C@H]1CN(C(=O)c2ccccc2NC(=O)c2cc(S(=O)(=O)N(C)C)ccc2Cl)C[C@H](C)O1. The molecule has 1 aliphatic rings. The molecule has 10 heteroatoms. The smallest absolute Gasteiger partial charge is 0.257 e. The van der Waals surface area contributed by atoms with E-state index >= 15 is 0 Å². The Morgan fingerprint density at radius 2 is 1.69 bits per heavy atom. The van der Waals surface area contributed by atoms with Gasteiger partial charge in [-0.1, -0.05) is 23.7 Å². The molecule has 1 saturated heterocycles. The highest BCUT2D eigenvalue weighted by atomic mass is 35.5. The lowest BCUT2D eigenvalue weighted by atomic mass is 10.1. The van der Waals surface area contributed by atoms with E-state index in [0.29, 0.717) is 24.3 Å². The monoisotopic (exact) mass is 479 g/mol. The molecule has 2 aromatic carbocycles. The third-order valence-electron chi connectivity index (χ3n) is 5.07. The summed E-state index contributed by atoms with van der Waals surface area (Å²) in [4.78, 5) is 27.8. The van der Waals surface area contributed by atoms with Gasteiger partial charge in [0, 0.05) is 27.2 Å². The van der Waals surface area contributed by atoms with Crippen molar-refractivity contribution in [3.05, 3.63) is 58.6 Å². The summed E-state index contributed by atoms with van der Waals surface area (Å²) in [6.45, 7) is 4.70. The second kappa shape index (κ2) is 9.58. The number of carbonyl (C=O) groups is 2. The Hall–Kier alpha value is -2.46. The number of morpholine rings is 1. The van der Waals surface area contributed by atoms with Crippen LogP contribution in [0.2, 0.25) is 5.02 Å². The minimum absolute atomic E-state index is 0.00883. The molecule has 0 bridgehead atoms. The van der Waals surface area contributed by atoms with Gasteiger partial charge in [0.2, 0.25) is 10.0 Å². The van der Waals surface area contributed by atoms with Crippen molar-refractivity contribution in [2.24, 2.45) is 0 Å². The number of sulfonamides is 1. The summed E-state index contributed by atoms with van der Waals surface area (Å²) < 4.78 is 31.6. The van der Waals surface area contributed by atoms with Crippen molar-refractivity contribution < 1.29 is 22.7 Å². The van der Waals surface area contributed by atoms with Crippen LogP contribution in [-0.4, -0.2) is 68.8 Å². The van der Waals surface area contributed by atoms with Gasteiger partial charge in [-0.25, -0.2) is 12.7 Å². The highest BCUT2D eigenvalue weighted by molar-refractivity contribution is 7.89. The van der Waals surface area contributed by atoms with E-state index in [1.807, 2.05) is 13.8 Å². The van der Waals surface area contributed by atoms with Crippen molar-refractivity contribution in [2.75, 3.05) is 32.5 Å². The molecule has 0 aromatic heterocycles. The van der Waals surface area contributed by atoms with E-state index in [4.69, 9.17) is 16.3 Å². The van der Waals surface area contributed by atoms with Gasteiger partial charge in [-0.15, -0.1) is 0 Å². The molecule has 1 aliphatic heterocycles. The van der Waals surface area contributed by atoms with Crippen molar-refractivity contribution in [1.82, 2.24) is 9.21 Å². The minimum atomic E-state index is -3.75. The summed E-state index contributed by atoms with van der Waals surface area (Å²) in [6.07, 6.45) is -0.186. The molecule has 0 radical (unpaired) electrons. The van der Waals surface area contributed by atoms with Crippen LogP contribution in [0.1, 0.15) is 34.6 Å². The number of hydrogen-bond acceptors (Lipinski definition) is 5. The van der Waals surface area contributed by atoms with Crippen LogP contribution in [0.5, 0.6) is 0 Å².